The molecule has 0 aromatic rings. The quantitative estimate of drug-likeness (QED) is 0.213. The van der Waals surface area contributed by atoms with Crippen molar-refractivity contribution in [1.82, 2.24) is 5.32 Å². The summed E-state index contributed by atoms with van der Waals surface area (Å²) in [5, 5.41) is 53.4. The van der Waals surface area contributed by atoms with E-state index in [2.05, 4.69) is 37.9 Å². The van der Waals surface area contributed by atoms with Crippen molar-refractivity contribution >= 4 is 5.78 Å². The van der Waals surface area contributed by atoms with Gasteiger partial charge in [-0.15, -0.1) is 5.92 Å². The van der Waals surface area contributed by atoms with Crippen molar-refractivity contribution in [3.63, 3.8) is 0 Å². The van der Waals surface area contributed by atoms with Gasteiger partial charge in [0.2, 0.25) is 0 Å². The Hall–Kier alpha value is -1.35. The molecular formula is C41H61NO8. The Bertz CT molecular complexity index is 1460. The number of allylic oxidation sites excluding steroid dienone is 1. The molecule has 50 heavy (non-hydrogen) atoms. The number of ether oxygens (including phenoxy) is 3. The fourth-order valence-electron chi connectivity index (χ4n) is 14.0. The first-order valence-electron chi connectivity index (χ1n) is 19.8. The molecule has 9 heteroatoms. The van der Waals surface area contributed by atoms with Gasteiger partial charge in [0.1, 0.15) is 24.0 Å². The fourth-order valence-corrected chi connectivity index (χ4v) is 14.0. The van der Waals surface area contributed by atoms with E-state index >= 15 is 0 Å². The van der Waals surface area contributed by atoms with Gasteiger partial charge in [-0.05, 0) is 105 Å². The number of aliphatic hydroxyl groups is 4. The maximum absolute atomic E-state index is 14.1. The Morgan fingerprint density at radius 1 is 0.980 bits per heavy atom. The van der Waals surface area contributed by atoms with Crippen molar-refractivity contribution < 1.29 is 39.4 Å². The average molecular weight is 696 g/mol. The summed E-state index contributed by atoms with van der Waals surface area (Å²) in [5.41, 5.74) is -4.78. The number of nitrogens with one attached hydrogen (secondary N) is 1. The first-order chi connectivity index (χ1) is 23.7. The molecule has 15 atom stereocenters. The summed E-state index contributed by atoms with van der Waals surface area (Å²) < 4.78 is 18.0. The Balaban J connectivity index is 1.17. The van der Waals surface area contributed by atoms with Crippen molar-refractivity contribution in [2.24, 2.45) is 45.3 Å². The van der Waals surface area contributed by atoms with E-state index in [1.807, 2.05) is 0 Å². The van der Waals surface area contributed by atoms with Crippen LogP contribution in [-0.2, 0) is 19.0 Å². The van der Waals surface area contributed by atoms with Crippen molar-refractivity contribution in [1.29, 1.82) is 0 Å². The fraction of sp³-hybridized carbons (Fsp3) is 0.878. The van der Waals surface area contributed by atoms with Crippen LogP contribution in [0.4, 0.5) is 0 Å². The molecule has 5 N–H and O–H groups in total. The predicted octanol–water partition coefficient (Wildman–Crippen LogP) is 4.04. The van der Waals surface area contributed by atoms with Crippen molar-refractivity contribution in [2.75, 3.05) is 20.3 Å². The van der Waals surface area contributed by atoms with Crippen LogP contribution in [0, 0.1) is 57.2 Å². The molecule has 0 aromatic carbocycles. The predicted molar refractivity (Wildman–Crippen MR) is 186 cm³/mol. The Morgan fingerprint density at radius 3 is 2.48 bits per heavy atom. The van der Waals surface area contributed by atoms with Crippen molar-refractivity contribution in [3.8, 4) is 11.8 Å². The topological polar surface area (TPSA) is 138 Å². The number of ketones is 1. The van der Waals surface area contributed by atoms with Crippen LogP contribution in [-0.4, -0.2) is 94.4 Å². The lowest BCUT2D eigenvalue weighted by atomic mass is 9.43. The lowest BCUT2D eigenvalue weighted by Crippen LogP contribution is -2.68. The molecule has 0 unspecified atom stereocenters. The third kappa shape index (κ3) is 4.52. The summed E-state index contributed by atoms with van der Waals surface area (Å²) in [4.78, 5) is 14.1. The molecule has 0 radical (unpaired) electrons. The molecule has 8 rings (SSSR count). The molecule has 8 aliphatic rings. The number of hydrogen-bond acceptors (Lipinski definition) is 9. The second-order valence-corrected chi connectivity index (χ2v) is 18.5. The van der Waals surface area contributed by atoms with E-state index in [0.717, 1.165) is 56.9 Å². The molecule has 9 nitrogen and oxygen atoms in total. The summed E-state index contributed by atoms with van der Waals surface area (Å²) in [7, 11) is 1.69. The van der Waals surface area contributed by atoms with Crippen molar-refractivity contribution in [3.05, 3.63) is 11.6 Å². The van der Waals surface area contributed by atoms with Crippen LogP contribution in [0.2, 0.25) is 0 Å². The molecule has 2 saturated heterocycles. The number of carbonyl (C=O) groups excluding carboxylic acids is 1. The van der Waals surface area contributed by atoms with Crippen LogP contribution in [0.15, 0.2) is 11.6 Å². The summed E-state index contributed by atoms with van der Waals surface area (Å²) in [6.45, 7) is 9.43. The van der Waals surface area contributed by atoms with Gasteiger partial charge in [-0.25, -0.2) is 0 Å². The minimum atomic E-state index is -1.74. The second kappa shape index (κ2) is 12.1. The van der Waals surface area contributed by atoms with Gasteiger partial charge in [0.15, 0.2) is 5.78 Å². The molecule has 6 fully saturated rings. The van der Waals surface area contributed by atoms with Crippen LogP contribution in [0.25, 0.3) is 0 Å². The van der Waals surface area contributed by atoms with Crippen LogP contribution >= 0.6 is 0 Å². The minimum absolute atomic E-state index is 0.0331. The highest BCUT2D eigenvalue weighted by Crippen LogP contribution is 2.73. The molecule has 0 aromatic heterocycles. The summed E-state index contributed by atoms with van der Waals surface area (Å²) in [6.07, 6.45) is 8.72. The minimum Gasteiger partial charge on any atom is -0.387 e. The molecule has 2 aliphatic heterocycles. The molecule has 2 spiro atoms. The van der Waals surface area contributed by atoms with Gasteiger partial charge in [0.25, 0.3) is 0 Å². The number of aliphatic hydroxyl groups excluding tert-OH is 2. The summed E-state index contributed by atoms with van der Waals surface area (Å²) in [6, 6.07) is -0.0331. The number of rotatable bonds is 5. The molecule has 278 valence electrons. The number of fused-ring (bicyclic) bond motifs is 7. The number of carbonyl (C=O) groups is 1. The zero-order chi connectivity index (χ0) is 35.5. The van der Waals surface area contributed by atoms with E-state index < -0.39 is 46.6 Å². The van der Waals surface area contributed by atoms with E-state index in [4.69, 9.17) is 14.2 Å². The van der Waals surface area contributed by atoms with Crippen LogP contribution < -0.4 is 5.32 Å². The van der Waals surface area contributed by atoms with Gasteiger partial charge in [0.05, 0.1) is 23.2 Å². The van der Waals surface area contributed by atoms with Crippen LogP contribution in [0.3, 0.4) is 0 Å². The monoisotopic (exact) mass is 695 g/mol. The number of piperidine rings is 1. The van der Waals surface area contributed by atoms with Crippen LogP contribution in [0.5, 0.6) is 0 Å². The van der Waals surface area contributed by atoms with E-state index in [9.17, 15) is 25.2 Å². The highest BCUT2D eigenvalue weighted by Gasteiger charge is 2.76. The van der Waals surface area contributed by atoms with Gasteiger partial charge < -0.3 is 34.6 Å². The van der Waals surface area contributed by atoms with Gasteiger partial charge in [-0.2, -0.15) is 0 Å². The van der Waals surface area contributed by atoms with Gasteiger partial charge in [0, 0.05) is 50.0 Å². The zero-order valence-electron chi connectivity index (χ0n) is 30.9. The van der Waals surface area contributed by atoms with Gasteiger partial charge >= 0.3 is 0 Å². The number of methoxy groups -OCH3 is 1. The van der Waals surface area contributed by atoms with Crippen LogP contribution in [0.1, 0.15) is 111 Å². The standard InChI is InChI=1S/C41H61NO8/c1-24-31-33-35(45)42-30(39(31)13-6-7-14-39)10-8-15-40(38(4,46)34(44)32(24)50-33)18-19-41(47)27-23-29(43)28-22-25(49-21-9-20-48-5)11-16-36(28,2)26(27)12-17-37(40,41)3/h23-26,28,30-35,42,44-47H,6-7,9-14,16-22H2,1-5H3/t24-,25+,26+,28+,30-,31-,32+,33+,34-,35+,36-,37-,38-,40+,41-/m1/s1. The molecule has 4 saturated carbocycles. The molecule has 6 aliphatic carbocycles. The average Bonchev–Trinajstić information content (AvgIpc) is 3.76. The highest BCUT2D eigenvalue weighted by atomic mass is 16.5. The lowest BCUT2D eigenvalue weighted by Gasteiger charge is -2.62. The van der Waals surface area contributed by atoms with E-state index in [0.29, 0.717) is 45.3 Å². The molecule has 0 amide bonds. The largest absolute Gasteiger partial charge is 0.387 e. The lowest BCUT2D eigenvalue weighted by molar-refractivity contribution is -0.224. The molecule has 3 bridgehead atoms. The van der Waals surface area contributed by atoms with E-state index in [1.54, 1.807) is 20.1 Å². The van der Waals surface area contributed by atoms with Gasteiger partial charge in [-0.1, -0.05) is 39.5 Å². The summed E-state index contributed by atoms with van der Waals surface area (Å²) >= 11 is 0. The number of hydrogen-bond donors (Lipinski definition) is 5. The third-order valence-corrected chi connectivity index (χ3v) is 16.8. The molecular weight excluding hydrogens is 634 g/mol. The SMILES string of the molecule is COCCCO[C@H]1CC[C@@]2(C)[C@@H](C1)C(=O)C=C1[C@@H]2CC[C@]2(C)[C@]3(C#CC[C@H]4N[C@@H](O)[C@H]5O[C@@H]([C@H](C)[C@H]5C45CCCC5)[C@@H](O)[C@@]3(C)O)CC[C@@]12O. The zero-order valence-corrected chi connectivity index (χ0v) is 30.9. The highest BCUT2D eigenvalue weighted by molar-refractivity contribution is 5.95. The van der Waals surface area contributed by atoms with Gasteiger partial charge in [-0.3, -0.25) is 10.1 Å². The third-order valence-electron chi connectivity index (χ3n) is 16.8. The first kappa shape index (κ1) is 35.7. The Labute approximate surface area is 298 Å². The van der Waals surface area contributed by atoms with Crippen molar-refractivity contribution in [2.45, 2.75) is 159 Å². The maximum atomic E-state index is 14.1. The Kier molecular flexibility index (Phi) is 8.62. The Morgan fingerprint density at radius 2 is 1.74 bits per heavy atom. The molecule has 2 heterocycles. The normalized spacial score (nSPS) is 53.3. The maximum Gasteiger partial charge on any atom is 0.159 e. The summed E-state index contributed by atoms with van der Waals surface area (Å²) in [5.74, 6) is 7.09. The van der Waals surface area contributed by atoms with E-state index in [-0.39, 0.29) is 52.4 Å². The first-order valence-corrected chi connectivity index (χ1v) is 19.8. The second-order valence-electron chi connectivity index (χ2n) is 18.5. The van der Waals surface area contributed by atoms with E-state index in [1.165, 1.54) is 0 Å². The smallest absolute Gasteiger partial charge is 0.159 e.